The van der Waals surface area contributed by atoms with Gasteiger partial charge in [-0.1, -0.05) is 12.1 Å². The van der Waals surface area contributed by atoms with Gasteiger partial charge in [-0.25, -0.2) is 4.79 Å². The van der Waals surface area contributed by atoms with Crippen molar-refractivity contribution < 1.29 is 9.52 Å². The van der Waals surface area contributed by atoms with E-state index in [9.17, 15) is 9.90 Å². The van der Waals surface area contributed by atoms with Gasteiger partial charge in [0.05, 0.1) is 11.5 Å². The van der Waals surface area contributed by atoms with E-state index in [2.05, 4.69) is 4.99 Å². The molecule has 0 saturated carbocycles. The van der Waals surface area contributed by atoms with E-state index in [1.54, 1.807) is 30.3 Å². The molecule has 1 aromatic carbocycles. The smallest absolute Gasteiger partial charge is 0.348 e. The van der Waals surface area contributed by atoms with Crippen molar-refractivity contribution in [2.45, 2.75) is 0 Å². The predicted molar refractivity (Wildman–Crippen MR) is 62.2 cm³/mol. The molecule has 17 heavy (non-hydrogen) atoms. The van der Waals surface area contributed by atoms with Gasteiger partial charge in [-0.15, -0.1) is 0 Å². The molecule has 0 aliphatic rings. The van der Waals surface area contributed by atoms with Crippen LogP contribution in [0.3, 0.4) is 0 Å². The maximum Gasteiger partial charge on any atom is 0.348 e. The number of benzene rings is 1. The normalized spacial score (nSPS) is 10.8. The highest BCUT2D eigenvalue weighted by Crippen LogP contribution is 2.24. The highest BCUT2D eigenvalue weighted by molar-refractivity contribution is 5.93. The summed E-state index contributed by atoms with van der Waals surface area (Å²) in [6.07, 6.45) is 1.15. The summed E-state index contributed by atoms with van der Waals surface area (Å²) < 4.78 is 5.01. The highest BCUT2D eigenvalue weighted by atomic mass is 16.4. The number of aromatic hydroxyl groups is 1. The first-order valence-corrected chi connectivity index (χ1v) is 4.85. The van der Waals surface area contributed by atoms with Gasteiger partial charge in [0.25, 0.3) is 0 Å². The van der Waals surface area contributed by atoms with Gasteiger partial charge in [-0.05, 0) is 12.1 Å². The standard InChI is InChI=1S/C12H8N2O3/c13-5-6-14-7-9-11(15)8-3-1-2-4-10(8)17-12(9)16/h1-4,7,15H,6H2. The first-order valence-electron chi connectivity index (χ1n) is 4.85. The van der Waals surface area contributed by atoms with Crippen molar-refractivity contribution in [2.75, 3.05) is 6.54 Å². The van der Waals surface area contributed by atoms with Gasteiger partial charge in [-0.3, -0.25) is 4.99 Å². The van der Waals surface area contributed by atoms with Gasteiger partial charge < -0.3 is 9.52 Å². The molecule has 0 aliphatic heterocycles. The molecule has 0 radical (unpaired) electrons. The molecule has 0 atom stereocenters. The summed E-state index contributed by atoms with van der Waals surface area (Å²) in [5.41, 5.74) is -0.408. The Hall–Kier alpha value is -2.61. The van der Waals surface area contributed by atoms with Crippen molar-refractivity contribution in [3.63, 3.8) is 0 Å². The Balaban J connectivity index is 2.65. The van der Waals surface area contributed by atoms with E-state index in [4.69, 9.17) is 9.68 Å². The zero-order valence-corrected chi connectivity index (χ0v) is 8.75. The van der Waals surface area contributed by atoms with Crippen LogP contribution in [0.15, 0.2) is 38.5 Å². The fraction of sp³-hybridized carbons (Fsp3) is 0.0833. The topological polar surface area (TPSA) is 86.6 Å². The zero-order valence-electron chi connectivity index (χ0n) is 8.75. The zero-order chi connectivity index (χ0) is 12.3. The second kappa shape index (κ2) is 4.49. The molecule has 0 saturated heterocycles. The number of nitrogens with zero attached hydrogens (tertiary/aromatic N) is 2. The first-order chi connectivity index (χ1) is 8.24. The van der Waals surface area contributed by atoms with Crippen molar-refractivity contribution >= 4 is 17.2 Å². The van der Waals surface area contributed by atoms with Crippen LogP contribution in [-0.2, 0) is 0 Å². The number of para-hydroxylation sites is 1. The van der Waals surface area contributed by atoms with E-state index in [0.29, 0.717) is 11.0 Å². The number of hydrogen-bond donors (Lipinski definition) is 1. The minimum atomic E-state index is -0.678. The fourth-order valence-electron chi connectivity index (χ4n) is 1.44. The maximum absolute atomic E-state index is 11.5. The summed E-state index contributed by atoms with van der Waals surface area (Å²) in [5, 5.41) is 18.7. The van der Waals surface area contributed by atoms with Gasteiger partial charge >= 0.3 is 5.63 Å². The van der Waals surface area contributed by atoms with Gasteiger partial charge in [0.2, 0.25) is 0 Å². The lowest BCUT2D eigenvalue weighted by Gasteiger charge is -2.01. The summed E-state index contributed by atoms with van der Waals surface area (Å²) in [6, 6.07) is 8.45. The molecular formula is C12H8N2O3. The van der Waals surface area contributed by atoms with Crippen molar-refractivity contribution in [3.8, 4) is 11.8 Å². The molecule has 0 amide bonds. The number of fused-ring (bicyclic) bond motifs is 1. The SMILES string of the molecule is N#CCN=Cc1c(O)c2ccccc2oc1=O. The molecule has 0 unspecified atom stereocenters. The lowest BCUT2D eigenvalue weighted by molar-refractivity contribution is 0.466. The predicted octanol–water partition coefficient (Wildman–Crippen LogP) is 1.44. The second-order valence-corrected chi connectivity index (χ2v) is 3.28. The Labute approximate surface area is 96.3 Å². The first kappa shape index (κ1) is 10.9. The molecule has 2 aromatic rings. The van der Waals surface area contributed by atoms with E-state index in [1.807, 2.05) is 0 Å². The molecule has 5 nitrogen and oxygen atoms in total. The third kappa shape index (κ3) is 2.01. The number of nitriles is 1. The molecule has 0 aliphatic carbocycles. The van der Waals surface area contributed by atoms with Crippen molar-refractivity contribution in [1.82, 2.24) is 0 Å². The van der Waals surface area contributed by atoms with Gasteiger partial charge in [0, 0.05) is 6.21 Å². The van der Waals surface area contributed by atoms with Gasteiger partial charge in [0.1, 0.15) is 23.4 Å². The monoisotopic (exact) mass is 228 g/mol. The third-order valence-corrected chi connectivity index (χ3v) is 2.20. The quantitative estimate of drug-likeness (QED) is 0.478. The molecule has 0 spiro atoms. The van der Waals surface area contributed by atoms with Crippen LogP contribution in [0.5, 0.6) is 5.75 Å². The number of aliphatic imine (C=N–C) groups is 1. The molecule has 0 bridgehead atoms. The molecule has 1 aromatic heterocycles. The van der Waals surface area contributed by atoms with Crippen molar-refractivity contribution in [3.05, 3.63) is 40.2 Å². The molecule has 2 rings (SSSR count). The summed E-state index contributed by atoms with van der Waals surface area (Å²) >= 11 is 0. The Morgan fingerprint density at radius 2 is 2.24 bits per heavy atom. The molecular weight excluding hydrogens is 220 g/mol. The Morgan fingerprint density at radius 3 is 3.00 bits per heavy atom. The van der Waals surface area contributed by atoms with Crippen LogP contribution in [-0.4, -0.2) is 17.9 Å². The van der Waals surface area contributed by atoms with E-state index in [-0.39, 0.29) is 17.9 Å². The summed E-state index contributed by atoms with van der Waals surface area (Å²) in [6.45, 7) is -0.0777. The Kier molecular flexibility index (Phi) is 2.88. The second-order valence-electron chi connectivity index (χ2n) is 3.28. The van der Waals surface area contributed by atoms with E-state index in [1.165, 1.54) is 0 Å². The summed E-state index contributed by atoms with van der Waals surface area (Å²) in [7, 11) is 0. The molecule has 1 N–H and O–H groups in total. The van der Waals surface area contributed by atoms with E-state index < -0.39 is 5.63 Å². The van der Waals surface area contributed by atoms with Crippen LogP contribution in [0.4, 0.5) is 0 Å². The van der Waals surface area contributed by atoms with Gasteiger partial charge in [0.15, 0.2) is 0 Å². The molecule has 84 valence electrons. The minimum Gasteiger partial charge on any atom is -0.506 e. The molecule has 0 fully saturated rings. The van der Waals surface area contributed by atoms with Crippen LogP contribution < -0.4 is 5.63 Å². The van der Waals surface area contributed by atoms with E-state index >= 15 is 0 Å². The fourth-order valence-corrected chi connectivity index (χ4v) is 1.44. The third-order valence-electron chi connectivity index (χ3n) is 2.20. The minimum absolute atomic E-state index is 0.0426. The molecule has 1 heterocycles. The Morgan fingerprint density at radius 1 is 1.47 bits per heavy atom. The average Bonchev–Trinajstić information content (AvgIpc) is 2.33. The van der Waals surface area contributed by atoms with Crippen molar-refractivity contribution in [1.29, 1.82) is 5.26 Å². The maximum atomic E-state index is 11.5. The average molecular weight is 228 g/mol. The lowest BCUT2D eigenvalue weighted by Crippen LogP contribution is -2.07. The van der Waals surface area contributed by atoms with E-state index in [0.717, 1.165) is 6.21 Å². The van der Waals surface area contributed by atoms with Crippen LogP contribution in [0, 0.1) is 11.3 Å². The van der Waals surface area contributed by atoms with Gasteiger partial charge in [-0.2, -0.15) is 5.26 Å². The Bertz CT molecular complexity index is 680. The number of hydrogen-bond acceptors (Lipinski definition) is 5. The summed E-state index contributed by atoms with van der Waals surface area (Å²) in [5.74, 6) is -0.182. The number of rotatable bonds is 2. The molecule has 5 heteroatoms. The summed E-state index contributed by atoms with van der Waals surface area (Å²) in [4.78, 5) is 15.2. The van der Waals surface area contributed by atoms with Crippen LogP contribution >= 0.6 is 0 Å². The van der Waals surface area contributed by atoms with Crippen LogP contribution in [0.1, 0.15) is 5.56 Å². The lowest BCUT2D eigenvalue weighted by atomic mass is 10.1. The van der Waals surface area contributed by atoms with Crippen LogP contribution in [0.2, 0.25) is 0 Å². The highest BCUT2D eigenvalue weighted by Gasteiger charge is 2.11. The van der Waals surface area contributed by atoms with Crippen molar-refractivity contribution in [2.24, 2.45) is 4.99 Å². The largest absolute Gasteiger partial charge is 0.506 e. The van der Waals surface area contributed by atoms with Crippen LogP contribution in [0.25, 0.3) is 11.0 Å².